The molecule has 0 spiro atoms. The molecule has 10 nitrogen and oxygen atoms in total. The first-order chi connectivity index (χ1) is 23.1. The lowest BCUT2D eigenvalue weighted by Crippen LogP contribution is -2.30. The van der Waals surface area contributed by atoms with E-state index in [2.05, 4.69) is 58.0 Å². The van der Waals surface area contributed by atoms with Crippen LogP contribution >= 0.6 is 24.0 Å². The summed E-state index contributed by atoms with van der Waals surface area (Å²) in [6, 6.07) is 23.5. The molecule has 0 heterocycles. The normalized spacial score (nSPS) is 11.1. The van der Waals surface area contributed by atoms with Gasteiger partial charge in [0, 0.05) is 42.0 Å². The molecular weight excluding hydrogens is 687 g/mol. The molecule has 14 heteroatoms. The van der Waals surface area contributed by atoms with E-state index in [0.29, 0.717) is 6.54 Å². The smallest absolute Gasteiger partial charge is 0.344 e. The van der Waals surface area contributed by atoms with E-state index in [9.17, 15) is 9.67 Å². The van der Waals surface area contributed by atoms with Crippen LogP contribution in [-0.2, 0) is 41.0 Å². The standard InChI is InChI=1S/C19H27NO6P2.C8H10N2O.C4H10.C3H8.HPS/c1-23-27(24-2)19(17-10-12-18(21)13-11-17)20(15-28(22,25-3)26-4)14-16-8-6-5-7-9-16;1-9-10-6-7-2-4-8(11)5-3-7;1-3-4-2;1-3-2;1-2/h5-13,19,21H,14-15H2,1-4H3;2-6,9,11H,1H3;3-4H2,1-2H3;3H2,1-2H3;1H/b;10-6+;;;. The number of hydrazone groups is 1. The number of nitrogens with one attached hydrogen (secondary N) is 1. The number of nitrogens with zero attached hydrogens (tertiary/aromatic N) is 2. The van der Waals surface area contributed by atoms with Gasteiger partial charge < -0.3 is 33.7 Å². The van der Waals surface area contributed by atoms with Crippen LogP contribution in [0.5, 0.6) is 11.5 Å². The highest BCUT2D eigenvalue weighted by Gasteiger charge is 2.36. The molecule has 0 saturated heterocycles. The summed E-state index contributed by atoms with van der Waals surface area (Å²) in [5.74, 6) is 0.0757. The molecular formula is C34H56N3O7P3S. The summed E-state index contributed by atoms with van der Waals surface area (Å²) in [5, 5.41) is 22.4. The van der Waals surface area contributed by atoms with Crippen LogP contribution < -0.4 is 5.43 Å². The molecule has 0 radical (unpaired) electrons. The van der Waals surface area contributed by atoms with Gasteiger partial charge in [-0.2, -0.15) is 5.10 Å². The molecule has 3 rings (SSSR count). The summed E-state index contributed by atoms with van der Waals surface area (Å²) in [7, 11) is 5.45. The zero-order valence-electron chi connectivity index (χ0n) is 29.8. The molecule has 0 amide bonds. The second-order valence-corrected chi connectivity index (χ2v) is 13.8. The Kier molecular flexibility index (Phi) is 30.6. The Balaban J connectivity index is 0. The van der Waals surface area contributed by atoms with Crippen LogP contribution in [0.4, 0.5) is 0 Å². The predicted octanol–water partition coefficient (Wildman–Crippen LogP) is 9.70. The third-order valence-electron chi connectivity index (χ3n) is 5.97. The Labute approximate surface area is 297 Å². The Hall–Kier alpha value is -2.29. The molecule has 0 aliphatic rings. The van der Waals surface area contributed by atoms with E-state index < -0.39 is 16.0 Å². The molecule has 3 aromatic rings. The van der Waals surface area contributed by atoms with Gasteiger partial charge in [0.2, 0.25) is 0 Å². The van der Waals surface area contributed by atoms with Crippen molar-refractivity contribution in [2.75, 3.05) is 41.8 Å². The minimum atomic E-state index is -3.34. The van der Waals surface area contributed by atoms with Crippen LogP contribution in [0.15, 0.2) is 84.0 Å². The van der Waals surface area contributed by atoms with E-state index in [0.717, 1.165) is 16.7 Å². The molecule has 3 aromatic carbocycles. The number of phenols is 2. The molecule has 270 valence electrons. The van der Waals surface area contributed by atoms with Crippen LogP contribution in [-0.4, -0.2) is 63.1 Å². The lowest BCUT2D eigenvalue weighted by molar-refractivity contribution is 0.203. The van der Waals surface area contributed by atoms with Crippen molar-refractivity contribution < 1.29 is 32.9 Å². The summed E-state index contributed by atoms with van der Waals surface area (Å²) in [5.41, 5.74) is 5.49. The fourth-order valence-corrected chi connectivity index (χ4v) is 6.14. The first kappa shape index (κ1) is 47.8. The lowest BCUT2D eigenvalue weighted by Gasteiger charge is -2.36. The fourth-order valence-electron chi connectivity index (χ4n) is 3.53. The van der Waals surface area contributed by atoms with Gasteiger partial charge >= 0.3 is 7.60 Å². The zero-order chi connectivity index (χ0) is 36.8. The maximum Gasteiger partial charge on any atom is 0.344 e. The van der Waals surface area contributed by atoms with Crippen molar-refractivity contribution in [3.63, 3.8) is 0 Å². The van der Waals surface area contributed by atoms with E-state index in [4.69, 9.17) is 23.2 Å². The van der Waals surface area contributed by atoms with Gasteiger partial charge in [-0.05, 0) is 61.1 Å². The lowest BCUT2D eigenvalue weighted by atomic mass is 10.1. The Morgan fingerprint density at radius 2 is 1.31 bits per heavy atom. The van der Waals surface area contributed by atoms with E-state index in [1.807, 2.05) is 35.2 Å². The van der Waals surface area contributed by atoms with Gasteiger partial charge in [0.1, 0.15) is 23.6 Å². The first-order valence-corrected chi connectivity index (χ1v) is 20.1. The topological polar surface area (TPSA) is 122 Å². The maximum absolute atomic E-state index is 12.9. The van der Waals surface area contributed by atoms with Crippen molar-refractivity contribution in [2.45, 2.75) is 59.3 Å². The van der Waals surface area contributed by atoms with Gasteiger partial charge in [-0.3, -0.25) is 9.46 Å². The van der Waals surface area contributed by atoms with Crippen molar-refractivity contribution >= 4 is 42.0 Å². The molecule has 1 unspecified atom stereocenters. The van der Waals surface area contributed by atoms with Gasteiger partial charge in [-0.15, -0.1) is 0 Å². The first-order valence-electron chi connectivity index (χ1n) is 15.5. The van der Waals surface area contributed by atoms with Gasteiger partial charge in [0.15, 0.2) is 8.38 Å². The number of hydrogen-bond acceptors (Lipinski definition) is 11. The minimum Gasteiger partial charge on any atom is -0.508 e. The van der Waals surface area contributed by atoms with Crippen molar-refractivity contribution in [3.8, 4) is 11.5 Å². The maximum atomic E-state index is 12.9. The van der Waals surface area contributed by atoms with Crippen LogP contribution in [0.3, 0.4) is 0 Å². The zero-order valence-corrected chi connectivity index (χ0v) is 33.4. The van der Waals surface area contributed by atoms with Crippen molar-refractivity contribution in [2.24, 2.45) is 5.10 Å². The average molecular weight is 744 g/mol. The molecule has 0 aliphatic carbocycles. The molecule has 0 aliphatic heterocycles. The molecule has 0 fully saturated rings. The van der Waals surface area contributed by atoms with Crippen LogP contribution in [0.25, 0.3) is 0 Å². The quantitative estimate of drug-likeness (QED) is 0.0836. The van der Waals surface area contributed by atoms with Gasteiger partial charge in [0.05, 0.1) is 6.21 Å². The number of unbranched alkanes of at least 4 members (excludes halogenated alkanes) is 1. The highest BCUT2D eigenvalue weighted by Crippen LogP contribution is 2.57. The number of phenolic OH excluding ortho intramolecular Hbond substituents is 2. The van der Waals surface area contributed by atoms with Gasteiger partial charge in [0.25, 0.3) is 0 Å². The van der Waals surface area contributed by atoms with E-state index in [1.165, 1.54) is 33.5 Å². The Morgan fingerprint density at radius 1 is 0.854 bits per heavy atom. The Bertz CT molecular complexity index is 1230. The SMILES string of the molecule is CCC.CCCC.CN/N=C/c1ccc(O)cc1.COP(OC)C(c1ccc(O)cc1)N(Cc1ccccc1)CP(=O)(OC)OC.P=S. The third-order valence-corrected chi connectivity index (χ3v) is 9.54. The largest absolute Gasteiger partial charge is 0.508 e. The van der Waals surface area contributed by atoms with E-state index in [-0.39, 0.29) is 23.6 Å². The highest BCUT2D eigenvalue weighted by molar-refractivity contribution is 7.88. The summed E-state index contributed by atoms with van der Waals surface area (Å²) in [4.78, 5) is 1.97. The highest BCUT2D eigenvalue weighted by atomic mass is 32.4. The number of benzene rings is 3. The molecule has 3 N–H and O–H groups in total. The summed E-state index contributed by atoms with van der Waals surface area (Å²) < 4.78 is 34.5. The van der Waals surface area contributed by atoms with Crippen LogP contribution in [0, 0.1) is 0 Å². The van der Waals surface area contributed by atoms with E-state index in [1.54, 1.807) is 76.0 Å². The predicted molar refractivity (Wildman–Crippen MR) is 207 cm³/mol. The van der Waals surface area contributed by atoms with Crippen molar-refractivity contribution in [1.82, 2.24) is 10.3 Å². The molecule has 1 atom stereocenters. The number of hydrogen-bond donors (Lipinski definition) is 3. The second-order valence-electron chi connectivity index (χ2n) is 9.75. The molecule has 0 saturated carbocycles. The summed E-state index contributed by atoms with van der Waals surface area (Å²) in [6.07, 6.45) is 5.62. The molecule has 48 heavy (non-hydrogen) atoms. The fraction of sp³-hybridized carbons (Fsp3) is 0.441. The van der Waals surface area contributed by atoms with Crippen molar-refractivity contribution in [3.05, 3.63) is 95.6 Å². The molecule has 0 bridgehead atoms. The van der Waals surface area contributed by atoms with Gasteiger partial charge in [-0.25, -0.2) is 0 Å². The number of aromatic hydroxyl groups is 2. The van der Waals surface area contributed by atoms with Crippen LogP contribution in [0.1, 0.15) is 69.4 Å². The Morgan fingerprint density at radius 3 is 1.71 bits per heavy atom. The van der Waals surface area contributed by atoms with Crippen LogP contribution in [0.2, 0.25) is 0 Å². The van der Waals surface area contributed by atoms with E-state index >= 15 is 0 Å². The monoisotopic (exact) mass is 743 g/mol. The van der Waals surface area contributed by atoms with Crippen molar-refractivity contribution in [1.29, 1.82) is 0 Å². The summed E-state index contributed by atoms with van der Waals surface area (Å²) in [6.45, 7) is 9.09. The third kappa shape index (κ3) is 20.9. The molecule has 0 aromatic heterocycles. The summed E-state index contributed by atoms with van der Waals surface area (Å²) >= 11 is 3.89. The second kappa shape index (κ2) is 30.7. The average Bonchev–Trinajstić information content (AvgIpc) is 3.12. The van der Waals surface area contributed by atoms with Gasteiger partial charge in [-0.1, -0.05) is 101 Å². The minimum absolute atomic E-state index is 0.0476. The number of rotatable bonds is 14.